The average molecular weight is 147 g/mol. The highest BCUT2D eigenvalue weighted by atomic mass is 16.1. The van der Waals surface area contributed by atoms with Crippen LogP contribution >= 0.6 is 0 Å². The van der Waals surface area contributed by atoms with Crippen molar-refractivity contribution in [3.63, 3.8) is 0 Å². The molecule has 0 heterocycles. The number of carbonyl (C=O) groups is 1. The number of hydrogen-bond donors (Lipinski definition) is 0. The molecule has 1 aliphatic rings. The van der Waals surface area contributed by atoms with Gasteiger partial charge in [-0.3, -0.25) is 4.79 Å². The molecular formula is C9H9NO. The minimum atomic E-state index is -0.188. The zero-order chi connectivity index (χ0) is 8.48. The second kappa shape index (κ2) is 2.35. The molecule has 0 aromatic rings. The van der Waals surface area contributed by atoms with Gasteiger partial charge in [-0.1, -0.05) is 26.0 Å². The molecule has 2 heteroatoms. The topological polar surface area (TPSA) is 40.9 Å². The Morgan fingerprint density at radius 1 is 1.55 bits per heavy atom. The maximum absolute atomic E-state index is 10.9. The van der Waals surface area contributed by atoms with Gasteiger partial charge in [-0.25, -0.2) is 0 Å². The predicted octanol–water partition coefficient (Wildman–Crippen LogP) is 1.60. The number of nitriles is 1. The van der Waals surface area contributed by atoms with Crippen LogP contribution in [0.2, 0.25) is 0 Å². The number of hydrogen-bond acceptors (Lipinski definition) is 2. The van der Waals surface area contributed by atoms with Crippen molar-refractivity contribution in [3.05, 3.63) is 23.8 Å². The Balaban J connectivity index is 3.05. The zero-order valence-corrected chi connectivity index (χ0v) is 6.59. The SMILES string of the molecule is CC1(C)C=CC(=O)C(C#N)=C1. The zero-order valence-electron chi connectivity index (χ0n) is 6.59. The fraction of sp³-hybridized carbons (Fsp3) is 0.333. The maximum atomic E-state index is 10.9. The monoisotopic (exact) mass is 147 g/mol. The van der Waals surface area contributed by atoms with Crippen LogP contribution in [0.25, 0.3) is 0 Å². The van der Waals surface area contributed by atoms with E-state index in [1.165, 1.54) is 6.08 Å². The van der Waals surface area contributed by atoms with E-state index in [9.17, 15) is 4.79 Å². The second-order valence-electron chi connectivity index (χ2n) is 3.19. The standard InChI is InChI=1S/C9H9NO/c1-9(2)4-3-8(11)7(5-9)6-10/h3-5H,1-2H3. The molecule has 0 atom stereocenters. The number of allylic oxidation sites excluding steroid dienone is 4. The molecular weight excluding hydrogens is 138 g/mol. The van der Waals surface area contributed by atoms with Crippen LogP contribution in [0.4, 0.5) is 0 Å². The summed E-state index contributed by atoms with van der Waals surface area (Å²) in [7, 11) is 0. The third-order valence-electron chi connectivity index (χ3n) is 1.57. The molecule has 0 spiro atoms. The average Bonchev–Trinajstić information content (AvgIpc) is 1.94. The molecule has 1 rings (SSSR count). The molecule has 0 amide bonds. The Labute approximate surface area is 65.8 Å². The maximum Gasteiger partial charge on any atom is 0.195 e. The van der Waals surface area contributed by atoms with E-state index in [-0.39, 0.29) is 16.8 Å². The number of nitrogens with zero attached hydrogens (tertiary/aromatic N) is 1. The fourth-order valence-corrected chi connectivity index (χ4v) is 0.959. The lowest BCUT2D eigenvalue weighted by Crippen LogP contribution is -2.13. The second-order valence-corrected chi connectivity index (χ2v) is 3.19. The van der Waals surface area contributed by atoms with Gasteiger partial charge in [0.05, 0.1) is 5.57 Å². The van der Waals surface area contributed by atoms with Crippen molar-refractivity contribution in [2.75, 3.05) is 0 Å². The van der Waals surface area contributed by atoms with E-state index in [0.717, 1.165) is 0 Å². The molecule has 0 radical (unpaired) electrons. The number of ketones is 1. The van der Waals surface area contributed by atoms with Gasteiger partial charge in [0.2, 0.25) is 0 Å². The molecule has 0 aliphatic heterocycles. The Bertz CT molecular complexity index is 289. The summed E-state index contributed by atoms with van der Waals surface area (Å²) < 4.78 is 0. The summed E-state index contributed by atoms with van der Waals surface area (Å²) in [6.45, 7) is 3.90. The minimum Gasteiger partial charge on any atom is -0.289 e. The summed E-state index contributed by atoms with van der Waals surface area (Å²) in [6.07, 6.45) is 4.95. The quantitative estimate of drug-likeness (QED) is 0.522. The van der Waals surface area contributed by atoms with E-state index in [4.69, 9.17) is 5.26 Å². The Morgan fingerprint density at radius 3 is 2.64 bits per heavy atom. The number of rotatable bonds is 0. The van der Waals surface area contributed by atoms with Gasteiger partial charge in [0.15, 0.2) is 5.78 Å². The first-order valence-electron chi connectivity index (χ1n) is 3.42. The normalized spacial score (nSPS) is 20.8. The molecule has 0 saturated heterocycles. The molecule has 0 unspecified atom stereocenters. The largest absolute Gasteiger partial charge is 0.289 e. The summed E-state index contributed by atoms with van der Waals surface area (Å²) in [6, 6.07) is 1.87. The summed E-state index contributed by atoms with van der Waals surface area (Å²) in [5.41, 5.74) is 0.0939. The van der Waals surface area contributed by atoms with Crippen LogP contribution in [-0.4, -0.2) is 5.78 Å². The highest BCUT2D eigenvalue weighted by Gasteiger charge is 2.19. The third-order valence-corrected chi connectivity index (χ3v) is 1.57. The van der Waals surface area contributed by atoms with Crippen LogP contribution in [-0.2, 0) is 4.79 Å². The highest BCUT2D eigenvalue weighted by Crippen LogP contribution is 2.25. The van der Waals surface area contributed by atoms with Gasteiger partial charge in [-0.2, -0.15) is 5.26 Å². The highest BCUT2D eigenvalue weighted by molar-refractivity contribution is 6.08. The van der Waals surface area contributed by atoms with Gasteiger partial charge in [0, 0.05) is 5.41 Å². The third kappa shape index (κ3) is 1.56. The first kappa shape index (κ1) is 7.74. The smallest absolute Gasteiger partial charge is 0.195 e. The van der Waals surface area contributed by atoms with Crippen LogP contribution in [0.5, 0.6) is 0 Å². The summed E-state index contributed by atoms with van der Waals surface area (Å²) in [5.74, 6) is -0.188. The van der Waals surface area contributed by atoms with Crippen LogP contribution in [0, 0.1) is 16.7 Å². The lowest BCUT2D eigenvalue weighted by molar-refractivity contribution is -0.111. The first-order valence-corrected chi connectivity index (χ1v) is 3.42. The first-order chi connectivity index (χ1) is 5.05. The molecule has 56 valence electrons. The summed E-state index contributed by atoms with van der Waals surface area (Å²) in [4.78, 5) is 10.9. The van der Waals surface area contributed by atoms with E-state index in [1.54, 1.807) is 12.2 Å². The van der Waals surface area contributed by atoms with Crippen molar-refractivity contribution in [2.45, 2.75) is 13.8 Å². The lowest BCUT2D eigenvalue weighted by Gasteiger charge is -2.17. The molecule has 11 heavy (non-hydrogen) atoms. The molecule has 0 saturated carbocycles. The predicted molar refractivity (Wildman–Crippen MR) is 41.6 cm³/mol. The lowest BCUT2D eigenvalue weighted by atomic mass is 9.85. The summed E-state index contributed by atoms with van der Waals surface area (Å²) in [5, 5.41) is 8.52. The molecule has 1 aliphatic carbocycles. The van der Waals surface area contributed by atoms with E-state index in [1.807, 2.05) is 19.9 Å². The van der Waals surface area contributed by atoms with Gasteiger partial charge >= 0.3 is 0 Å². The van der Waals surface area contributed by atoms with Crippen molar-refractivity contribution in [3.8, 4) is 6.07 Å². The van der Waals surface area contributed by atoms with Gasteiger partial charge in [0.25, 0.3) is 0 Å². The summed E-state index contributed by atoms with van der Waals surface area (Å²) >= 11 is 0. The van der Waals surface area contributed by atoms with Crippen molar-refractivity contribution >= 4 is 5.78 Å². The Kier molecular flexibility index (Phi) is 1.66. The molecule has 0 aromatic carbocycles. The molecule has 0 fully saturated rings. The minimum absolute atomic E-state index is 0.154. The molecule has 0 N–H and O–H groups in total. The van der Waals surface area contributed by atoms with Crippen LogP contribution in [0.1, 0.15) is 13.8 Å². The van der Waals surface area contributed by atoms with E-state index < -0.39 is 0 Å². The fourth-order valence-electron chi connectivity index (χ4n) is 0.959. The van der Waals surface area contributed by atoms with Crippen molar-refractivity contribution in [1.29, 1.82) is 5.26 Å². The van der Waals surface area contributed by atoms with Crippen molar-refractivity contribution < 1.29 is 4.79 Å². The van der Waals surface area contributed by atoms with Crippen LogP contribution in [0.15, 0.2) is 23.8 Å². The van der Waals surface area contributed by atoms with E-state index in [0.29, 0.717) is 0 Å². The van der Waals surface area contributed by atoms with Gasteiger partial charge in [0.1, 0.15) is 6.07 Å². The Morgan fingerprint density at radius 2 is 2.18 bits per heavy atom. The van der Waals surface area contributed by atoms with Gasteiger partial charge in [-0.05, 0) is 6.08 Å². The van der Waals surface area contributed by atoms with Gasteiger partial charge < -0.3 is 0 Å². The molecule has 0 aromatic heterocycles. The van der Waals surface area contributed by atoms with E-state index >= 15 is 0 Å². The van der Waals surface area contributed by atoms with Gasteiger partial charge in [-0.15, -0.1) is 0 Å². The van der Waals surface area contributed by atoms with Crippen molar-refractivity contribution in [2.24, 2.45) is 5.41 Å². The molecule has 2 nitrogen and oxygen atoms in total. The number of carbonyl (C=O) groups excluding carboxylic acids is 1. The molecule has 0 bridgehead atoms. The van der Waals surface area contributed by atoms with Crippen molar-refractivity contribution in [1.82, 2.24) is 0 Å². The van der Waals surface area contributed by atoms with Crippen LogP contribution in [0.3, 0.4) is 0 Å². The Hall–Kier alpha value is -1.36. The van der Waals surface area contributed by atoms with Crippen LogP contribution < -0.4 is 0 Å². The van der Waals surface area contributed by atoms with E-state index in [2.05, 4.69) is 0 Å².